The Morgan fingerprint density at radius 3 is 2.85 bits per heavy atom. The third-order valence-electron chi connectivity index (χ3n) is 3.33. The minimum absolute atomic E-state index is 0.190. The summed E-state index contributed by atoms with van der Waals surface area (Å²) in [7, 11) is -3.22. The van der Waals surface area contributed by atoms with Crippen molar-refractivity contribution in [2.45, 2.75) is 51.1 Å². The molecule has 2 N–H and O–H groups in total. The third-order valence-corrected chi connectivity index (χ3v) is 5.69. The summed E-state index contributed by atoms with van der Waals surface area (Å²) in [6.45, 7) is 2.89. The van der Waals surface area contributed by atoms with Crippen molar-refractivity contribution in [2.24, 2.45) is 0 Å². The van der Waals surface area contributed by atoms with Crippen LogP contribution in [0.1, 0.15) is 50.1 Å². The van der Waals surface area contributed by atoms with Gasteiger partial charge < -0.3 is 5.32 Å². The first-order valence-electron chi connectivity index (χ1n) is 7.23. The zero-order valence-electron chi connectivity index (χ0n) is 11.8. The Balaban J connectivity index is 1.71. The second-order valence-corrected chi connectivity index (χ2v) is 8.00. The van der Waals surface area contributed by atoms with Crippen LogP contribution >= 0.6 is 11.3 Å². The van der Waals surface area contributed by atoms with Crippen molar-refractivity contribution in [1.82, 2.24) is 15.0 Å². The Bertz CT molecular complexity index is 484. The summed E-state index contributed by atoms with van der Waals surface area (Å²) in [6.07, 6.45) is 6.57. The maximum absolute atomic E-state index is 12.0. The lowest BCUT2D eigenvalue weighted by Gasteiger charge is -2.14. The fourth-order valence-electron chi connectivity index (χ4n) is 2.00. The van der Waals surface area contributed by atoms with Crippen LogP contribution in [-0.4, -0.2) is 31.7 Å². The normalized spacial score (nSPS) is 17.2. The topological polar surface area (TPSA) is 71.1 Å². The molecule has 5 nitrogen and oxygen atoms in total. The van der Waals surface area contributed by atoms with Crippen LogP contribution in [0.4, 0.5) is 0 Å². The number of nitrogens with zero attached hydrogens (tertiary/aromatic N) is 1. The monoisotopic (exact) mass is 317 g/mol. The lowest BCUT2D eigenvalue weighted by molar-refractivity contribution is 0.543. The quantitative estimate of drug-likeness (QED) is 0.648. The van der Waals surface area contributed by atoms with E-state index in [-0.39, 0.29) is 11.8 Å². The molecular formula is C13H23N3O2S2. The largest absolute Gasteiger partial charge is 0.314 e. The summed E-state index contributed by atoms with van der Waals surface area (Å²) in [5.41, 5.74) is 0. The van der Waals surface area contributed by atoms with Gasteiger partial charge in [0.05, 0.1) is 11.8 Å². The molecule has 1 aliphatic carbocycles. The molecule has 1 saturated carbocycles. The van der Waals surface area contributed by atoms with E-state index in [0.29, 0.717) is 12.5 Å². The number of hydrogen-bond acceptors (Lipinski definition) is 5. The predicted molar refractivity (Wildman–Crippen MR) is 82.3 cm³/mol. The second-order valence-electron chi connectivity index (χ2n) is 5.20. The summed E-state index contributed by atoms with van der Waals surface area (Å²) in [5.74, 6) is 0.196. The van der Waals surface area contributed by atoms with Crippen LogP contribution < -0.4 is 10.0 Å². The molecule has 114 valence electrons. The van der Waals surface area contributed by atoms with E-state index in [0.717, 1.165) is 24.4 Å². The van der Waals surface area contributed by atoms with Gasteiger partial charge in [0.1, 0.15) is 5.01 Å². The van der Waals surface area contributed by atoms with Crippen molar-refractivity contribution in [3.05, 3.63) is 16.6 Å². The first-order valence-corrected chi connectivity index (χ1v) is 9.76. The van der Waals surface area contributed by atoms with Crippen LogP contribution in [0.25, 0.3) is 0 Å². The molecule has 1 unspecified atom stereocenters. The van der Waals surface area contributed by atoms with Gasteiger partial charge in [0, 0.05) is 17.6 Å². The first kappa shape index (κ1) is 15.9. The van der Waals surface area contributed by atoms with Gasteiger partial charge in [-0.15, -0.1) is 11.3 Å². The molecule has 1 aliphatic rings. The van der Waals surface area contributed by atoms with Crippen molar-refractivity contribution in [1.29, 1.82) is 0 Å². The van der Waals surface area contributed by atoms with Crippen LogP contribution in [0.3, 0.4) is 0 Å². The van der Waals surface area contributed by atoms with E-state index in [4.69, 9.17) is 0 Å². The zero-order chi connectivity index (χ0) is 14.4. The molecule has 0 amide bonds. The van der Waals surface area contributed by atoms with Gasteiger partial charge in [0.25, 0.3) is 0 Å². The minimum atomic E-state index is -3.22. The van der Waals surface area contributed by atoms with E-state index in [1.165, 1.54) is 24.2 Å². The van der Waals surface area contributed by atoms with Crippen LogP contribution in [-0.2, 0) is 10.0 Å². The maximum Gasteiger partial charge on any atom is 0.212 e. The Kier molecular flexibility index (Phi) is 5.95. The molecule has 1 aromatic heterocycles. The van der Waals surface area contributed by atoms with E-state index in [1.807, 2.05) is 12.3 Å². The van der Waals surface area contributed by atoms with Gasteiger partial charge in [-0.2, -0.15) is 0 Å². The van der Waals surface area contributed by atoms with Crippen LogP contribution in [0.5, 0.6) is 0 Å². The number of thiazole rings is 1. The molecule has 1 aromatic rings. The van der Waals surface area contributed by atoms with Gasteiger partial charge in [-0.05, 0) is 38.6 Å². The minimum Gasteiger partial charge on any atom is -0.314 e. The molecule has 0 saturated heterocycles. The van der Waals surface area contributed by atoms with E-state index in [1.54, 1.807) is 6.20 Å². The molecule has 0 aliphatic heterocycles. The standard InChI is InChI=1S/C13H23N3O2S2/c1-2-12(13-15-8-9-19-13)16-20(17,18)10-4-3-7-14-11-5-6-11/h8-9,11-12,14,16H,2-7,10H2,1H3. The Hall–Kier alpha value is -0.500. The zero-order valence-corrected chi connectivity index (χ0v) is 13.5. The van der Waals surface area contributed by atoms with Crippen LogP contribution in [0, 0.1) is 0 Å². The van der Waals surface area contributed by atoms with Gasteiger partial charge in [0.2, 0.25) is 10.0 Å². The predicted octanol–water partition coefficient (Wildman–Crippen LogP) is 2.05. The average molecular weight is 317 g/mol. The maximum atomic E-state index is 12.0. The lowest BCUT2D eigenvalue weighted by Crippen LogP contribution is -2.30. The number of sulfonamides is 1. The van der Waals surface area contributed by atoms with E-state index in [2.05, 4.69) is 15.0 Å². The Morgan fingerprint density at radius 1 is 1.45 bits per heavy atom. The van der Waals surface area contributed by atoms with Crippen molar-refractivity contribution in [3.8, 4) is 0 Å². The van der Waals surface area contributed by atoms with Crippen molar-refractivity contribution < 1.29 is 8.42 Å². The van der Waals surface area contributed by atoms with Crippen molar-refractivity contribution in [3.63, 3.8) is 0 Å². The second kappa shape index (κ2) is 7.49. The molecule has 0 radical (unpaired) electrons. The van der Waals surface area contributed by atoms with Crippen molar-refractivity contribution >= 4 is 21.4 Å². The molecule has 1 fully saturated rings. The highest BCUT2D eigenvalue weighted by Crippen LogP contribution is 2.20. The van der Waals surface area contributed by atoms with Gasteiger partial charge in [-0.1, -0.05) is 6.92 Å². The summed E-state index contributed by atoms with van der Waals surface area (Å²) in [5, 5.41) is 6.10. The van der Waals surface area contributed by atoms with Gasteiger partial charge in [0.15, 0.2) is 0 Å². The highest BCUT2D eigenvalue weighted by molar-refractivity contribution is 7.89. The van der Waals surface area contributed by atoms with Crippen LogP contribution in [0.2, 0.25) is 0 Å². The number of nitrogens with one attached hydrogen (secondary N) is 2. The number of rotatable bonds is 10. The first-order chi connectivity index (χ1) is 9.61. The van der Waals surface area contributed by atoms with Gasteiger partial charge >= 0.3 is 0 Å². The highest BCUT2D eigenvalue weighted by atomic mass is 32.2. The molecule has 20 heavy (non-hydrogen) atoms. The molecule has 1 atom stereocenters. The average Bonchev–Trinajstić information content (AvgIpc) is 3.07. The fourth-order valence-corrected chi connectivity index (χ4v) is 4.26. The Labute approximate surface area is 125 Å². The molecule has 2 rings (SSSR count). The molecular weight excluding hydrogens is 294 g/mol. The van der Waals surface area contributed by atoms with E-state index in [9.17, 15) is 8.42 Å². The summed E-state index contributed by atoms with van der Waals surface area (Å²) in [4.78, 5) is 4.19. The summed E-state index contributed by atoms with van der Waals surface area (Å²) < 4.78 is 26.9. The molecule has 0 aromatic carbocycles. The molecule has 1 heterocycles. The number of unbranched alkanes of at least 4 members (excludes halogenated alkanes) is 1. The van der Waals surface area contributed by atoms with E-state index >= 15 is 0 Å². The smallest absolute Gasteiger partial charge is 0.212 e. The van der Waals surface area contributed by atoms with Gasteiger partial charge in [-0.3, -0.25) is 0 Å². The van der Waals surface area contributed by atoms with Gasteiger partial charge in [-0.25, -0.2) is 18.1 Å². The Morgan fingerprint density at radius 2 is 2.25 bits per heavy atom. The third kappa shape index (κ3) is 5.47. The highest BCUT2D eigenvalue weighted by Gasteiger charge is 2.21. The molecule has 0 bridgehead atoms. The lowest BCUT2D eigenvalue weighted by atomic mass is 10.3. The fraction of sp³-hybridized carbons (Fsp3) is 0.769. The molecule has 0 spiro atoms. The summed E-state index contributed by atoms with van der Waals surface area (Å²) >= 11 is 1.49. The molecule has 7 heteroatoms. The summed E-state index contributed by atoms with van der Waals surface area (Å²) in [6, 6.07) is 0.503. The van der Waals surface area contributed by atoms with E-state index < -0.39 is 10.0 Å². The van der Waals surface area contributed by atoms with Crippen molar-refractivity contribution in [2.75, 3.05) is 12.3 Å². The SMILES string of the molecule is CCC(NS(=O)(=O)CCCCNC1CC1)c1nccs1. The number of hydrogen-bond donors (Lipinski definition) is 2. The number of aromatic nitrogens is 1. The van der Waals surface area contributed by atoms with Crippen LogP contribution in [0.15, 0.2) is 11.6 Å².